The first-order valence-electron chi connectivity index (χ1n) is 7.31. The zero-order valence-corrected chi connectivity index (χ0v) is 12.3. The molecular weight excluding hydrogens is 304 g/mol. The lowest BCUT2D eigenvalue weighted by atomic mass is 10.2. The highest BCUT2D eigenvalue weighted by atomic mass is 15.2. The second-order valence-corrected chi connectivity index (χ2v) is 5.21. The zero-order valence-electron chi connectivity index (χ0n) is 12.3. The summed E-state index contributed by atoms with van der Waals surface area (Å²) in [5.74, 6) is 0.624. The summed E-state index contributed by atoms with van der Waals surface area (Å²) in [6.45, 7) is 0. The molecule has 0 bridgehead atoms. The molecule has 8 nitrogen and oxygen atoms in total. The number of nitrogens with zero attached hydrogens (tertiary/aromatic N) is 6. The van der Waals surface area contributed by atoms with Gasteiger partial charge in [0.15, 0.2) is 17.2 Å². The monoisotopic (exact) mass is 314 g/mol. The van der Waals surface area contributed by atoms with Crippen LogP contribution in [-0.2, 0) is 0 Å². The summed E-state index contributed by atoms with van der Waals surface area (Å²) < 4.78 is 0. The molecule has 8 heteroatoms. The van der Waals surface area contributed by atoms with Gasteiger partial charge in [0, 0.05) is 18.6 Å². The molecule has 5 aromatic rings. The molecule has 0 spiro atoms. The fraction of sp³-hybridized carbons (Fsp3) is 0. The Morgan fingerprint density at radius 3 is 2.75 bits per heavy atom. The molecule has 0 fully saturated rings. The first-order chi connectivity index (χ1) is 11.9. The van der Waals surface area contributed by atoms with E-state index < -0.39 is 0 Å². The molecule has 0 aromatic carbocycles. The van der Waals surface area contributed by atoms with Crippen LogP contribution in [0.4, 0.5) is 0 Å². The van der Waals surface area contributed by atoms with Gasteiger partial charge in [-0.05, 0) is 24.3 Å². The molecule has 0 saturated heterocycles. The molecule has 5 rings (SSSR count). The summed E-state index contributed by atoms with van der Waals surface area (Å²) in [6.07, 6.45) is 6.67. The number of imidazole rings is 1. The van der Waals surface area contributed by atoms with Gasteiger partial charge in [0.05, 0.1) is 17.4 Å². The predicted octanol–water partition coefficient (Wildman–Crippen LogP) is 2.35. The topological polar surface area (TPSA) is 109 Å². The lowest BCUT2D eigenvalue weighted by molar-refractivity contribution is 1.10. The third-order valence-corrected chi connectivity index (χ3v) is 3.71. The number of fused-ring (bicyclic) bond motifs is 2. The van der Waals surface area contributed by atoms with Crippen molar-refractivity contribution in [3.8, 4) is 22.9 Å². The Morgan fingerprint density at radius 2 is 1.88 bits per heavy atom. The molecule has 5 heterocycles. The van der Waals surface area contributed by atoms with E-state index in [0.717, 1.165) is 22.2 Å². The lowest BCUT2D eigenvalue weighted by Gasteiger charge is -1.99. The molecule has 5 aromatic heterocycles. The van der Waals surface area contributed by atoms with Crippen molar-refractivity contribution in [2.75, 3.05) is 0 Å². The van der Waals surface area contributed by atoms with E-state index in [1.54, 1.807) is 24.8 Å². The van der Waals surface area contributed by atoms with E-state index in [9.17, 15) is 0 Å². The van der Waals surface area contributed by atoms with Crippen LogP contribution in [0.1, 0.15) is 0 Å². The lowest BCUT2D eigenvalue weighted by Crippen LogP contribution is -1.89. The number of hydrogen-bond donors (Lipinski definition) is 2. The Balaban J connectivity index is 1.71. The van der Waals surface area contributed by atoms with Crippen LogP contribution >= 0.6 is 0 Å². The van der Waals surface area contributed by atoms with Crippen LogP contribution in [0, 0.1) is 0 Å². The van der Waals surface area contributed by atoms with Crippen LogP contribution in [0.2, 0.25) is 0 Å². The molecule has 24 heavy (non-hydrogen) atoms. The molecule has 0 aliphatic heterocycles. The van der Waals surface area contributed by atoms with Gasteiger partial charge in [-0.15, -0.1) is 0 Å². The fourth-order valence-corrected chi connectivity index (χ4v) is 2.59. The van der Waals surface area contributed by atoms with Crippen molar-refractivity contribution >= 4 is 22.2 Å². The number of pyridine rings is 2. The van der Waals surface area contributed by atoms with Gasteiger partial charge in [-0.3, -0.25) is 15.1 Å². The standard InChI is InChI=1S/C16H10N8/c1-2-11-15(19-5-1)22-16(21-11)14-13-10(23-24-14)4-3-9(20-13)12-8-17-6-7-18-12/h1-8H,(H,23,24)(H,19,21,22). The summed E-state index contributed by atoms with van der Waals surface area (Å²) in [5.41, 5.74) is 5.13. The van der Waals surface area contributed by atoms with Crippen LogP contribution in [0.15, 0.2) is 49.1 Å². The zero-order chi connectivity index (χ0) is 15.9. The molecule has 0 atom stereocenters. The molecule has 0 saturated carbocycles. The number of rotatable bonds is 2. The largest absolute Gasteiger partial charge is 0.321 e. The summed E-state index contributed by atoms with van der Waals surface area (Å²) in [5, 5.41) is 7.33. The first kappa shape index (κ1) is 12.8. The predicted molar refractivity (Wildman–Crippen MR) is 87.8 cm³/mol. The van der Waals surface area contributed by atoms with Crippen molar-refractivity contribution in [2.45, 2.75) is 0 Å². The van der Waals surface area contributed by atoms with Gasteiger partial charge >= 0.3 is 0 Å². The first-order valence-corrected chi connectivity index (χ1v) is 7.31. The van der Waals surface area contributed by atoms with Crippen molar-refractivity contribution in [1.29, 1.82) is 0 Å². The molecule has 2 N–H and O–H groups in total. The van der Waals surface area contributed by atoms with Gasteiger partial charge in [0.1, 0.15) is 16.7 Å². The van der Waals surface area contributed by atoms with Gasteiger partial charge in [-0.2, -0.15) is 5.10 Å². The Kier molecular flexibility index (Phi) is 2.63. The normalized spacial score (nSPS) is 11.3. The van der Waals surface area contributed by atoms with E-state index in [0.29, 0.717) is 22.9 Å². The van der Waals surface area contributed by atoms with E-state index in [4.69, 9.17) is 0 Å². The molecule has 0 amide bonds. The Morgan fingerprint density at radius 1 is 0.875 bits per heavy atom. The minimum atomic E-state index is 0.624. The molecule has 0 radical (unpaired) electrons. The summed E-state index contributed by atoms with van der Waals surface area (Å²) in [4.78, 5) is 25.0. The van der Waals surface area contributed by atoms with E-state index in [1.165, 1.54) is 0 Å². The van der Waals surface area contributed by atoms with E-state index in [2.05, 4.69) is 40.1 Å². The van der Waals surface area contributed by atoms with Gasteiger partial charge in [-0.1, -0.05) is 0 Å². The number of H-pyrrole nitrogens is 2. The number of hydrogen-bond acceptors (Lipinski definition) is 6. The van der Waals surface area contributed by atoms with Gasteiger partial charge < -0.3 is 4.98 Å². The molecule has 0 aliphatic rings. The van der Waals surface area contributed by atoms with Crippen LogP contribution < -0.4 is 0 Å². The highest BCUT2D eigenvalue weighted by Crippen LogP contribution is 2.26. The van der Waals surface area contributed by atoms with Gasteiger partial charge in [0.25, 0.3) is 0 Å². The maximum Gasteiger partial charge on any atom is 0.162 e. The second kappa shape index (κ2) is 4.92. The van der Waals surface area contributed by atoms with Gasteiger partial charge in [-0.25, -0.2) is 15.0 Å². The summed E-state index contributed by atoms with van der Waals surface area (Å²) in [6, 6.07) is 7.55. The number of aromatic nitrogens is 8. The fourth-order valence-electron chi connectivity index (χ4n) is 2.59. The second-order valence-electron chi connectivity index (χ2n) is 5.21. The summed E-state index contributed by atoms with van der Waals surface area (Å²) in [7, 11) is 0. The van der Waals surface area contributed by atoms with Crippen molar-refractivity contribution in [2.24, 2.45) is 0 Å². The third-order valence-electron chi connectivity index (χ3n) is 3.71. The minimum absolute atomic E-state index is 0.624. The molecule has 114 valence electrons. The number of nitrogens with one attached hydrogen (secondary N) is 2. The number of aromatic amines is 2. The van der Waals surface area contributed by atoms with Gasteiger partial charge in [0.2, 0.25) is 0 Å². The van der Waals surface area contributed by atoms with E-state index >= 15 is 0 Å². The molecule has 0 unspecified atom stereocenters. The Bertz CT molecular complexity index is 1130. The third kappa shape index (κ3) is 1.93. The SMILES string of the molecule is c1cnc2[nH]c(-c3n[nH]c4ccc(-c5cnccn5)nc34)nc2c1. The van der Waals surface area contributed by atoms with E-state index in [-0.39, 0.29) is 0 Å². The van der Waals surface area contributed by atoms with Crippen LogP contribution in [-0.4, -0.2) is 40.1 Å². The van der Waals surface area contributed by atoms with Crippen LogP contribution in [0.5, 0.6) is 0 Å². The molecular formula is C16H10N8. The smallest absolute Gasteiger partial charge is 0.162 e. The van der Waals surface area contributed by atoms with Crippen LogP contribution in [0.25, 0.3) is 45.1 Å². The average molecular weight is 314 g/mol. The maximum absolute atomic E-state index is 4.68. The van der Waals surface area contributed by atoms with Crippen LogP contribution in [0.3, 0.4) is 0 Å². The average Bonchev–Trinajstić information content (AvgIpc) is 3.25. The van der Waals surface area contributed by atoms with Crippen molar-refractivity contribution < 1.29 is 0 Å². The van der Waals surface area contributed by atoms with Crippen molar-refractivity contribution in [3.05, 3.63) is 49.1 Å². The highest BCUT2D eigenvalue weighted by molar-refractivity contribution is 5.90. The van der Waals surface area contributed by atoms with E-state index in [1.807, 2.05) is 24.3 Å². The molecule has 0 aliphatic carbocycles. The Hall–Kier alpha value is -3.68. The maximum atomic E-state index is 4.68. The summed E-state index contributed by atoms with van der Waals surface area (Å²) >= 11 is 0. The minimum Gasteiger partial charge on any atom is -0.321 e. The Labute approximate surface area is 135 Å². The highest BCUT2D eigenvalue weighted by Gasteiger charge is 2.15. The van der Waals surface area contributed by atoms with Crippen molar-refractivity contribution in [3.63, 3.8) is 0 Å². The van der Waals surface area contributed by atoms with Crippen molar-refractivity contribution in [1.82, 2.24) is 40.1 Å². The quantitative estimate of drug-likeness (QED) is 0.517.